The molecule has 1 atom stereocenters. The van der Waals surface area contributed by atoms with Crippen molar-refractivity contribution in [1.82, 2.24) is 5.32 Å². The topological polar surface area (TPSA) is 41.5 Å². The van der Waals surface area contributed by atoms with Gasteiger partial charge in [0.05, 0.1) is 6.10 Å². The summed E-state index contributed by atoms with van der Waals surface area (Å²) in [5.41, 5.74) is 0.603. The highest BCUT2D eigenvalue weighted by molar-refractivity contribution is 5.30. The van der Waals surface area contributed by atoms with Gasteiger partial charge in [0.15, 0.2) is 0 Å². The standard InChI is InChI=1S/C16H21F2NO2/c17-16(18)21-13-3-1-2-12(8-13)14(20)9-19-15(10-4-5-10)11-6-7-11/h1-3,8,10-11,14-16,19-20H,4-7,9H2. The molecule has 1 aromatic carbocycles. The van der Waals surface area contributed by atoms with E-state index in [1.165, 1.54) is 37.8 Å². The predicted molar refractivity (Wildman–Crippen MR) is 75.3 cm³/mol. The molecule has 1 unspecified atom stereocenters. The van der Waals surface area contributed by atoms with Crippen LogP contribution in [0.5, 0.6) is 5.75 Å². The van der Waals surface area contributed by atoms with Gasteiger partial charge in [-0.15, -0.1) is 0 Å². The number of nitrogens with one attached hydrogen (secondary N) is 1. The second-order valence-corrected chi connectivity index (χ2v) is 6.08. The SMILES string of the molecule is OC(CNC(C1CC1)C1CC1)c1cccc(OC(F)F)c1. The summed E-state index contributed by atoms with van der Waals surface area (Å²) in [7, 11) is 0. The van der Waals surface area contributed by atoms with Gasteiger partial charge in [0.2, 0.25) is 0 Å². The molecule has 3 nitrogen and oxygen atoms in total. The number of ether oxygens (including phenoxy) is 1. The van der Waals surface area contributed by atoms with Crippen molar-refractivity contribution in [3.8, 4) is 5.75 Å². The second-order valence-electron chi connectivity index (χ2n) is 6.08. The van der Waals surface area contributed by atoms with E-state index in [0.29, 0.717) is 18.2 Å². The number of hydrogen-bond acceptors (Lipinski definition) is 3. The summed E-state index contributed by atoms with van der Waals surface area (Å²) in [4.78, 5) is 0. The zero-order valence-corrected chi connectivity index (χ0v) is 11.8. The molecule has 0 aliphatic heterocycles. The maximum atomic E-state index is 12.2. The number of halogens is 2. The third-order valence-electron chi connectivity index (χ3n) is 4.27. The lowest BCUT2D eigenvalue weighted by Gasteiger charge is -2.20. The van der Waals surface area contributed by atoms with Crippen molar-refractivity contribution >= 4 is 0 Å². The molecule has 0 amide bonds. The molecule has 2 fully saturated rings. The molecule has 5 heteroatoms. The Labute approximate surface area is 123 Å². The highest BCUT2D eigenvalue weighted by Gasteiger charge is 2.41. The van der Waals surface area contributed by atoms with E-state index in [0.717, 1.165) is 11.8 Å². The lowest BCUT2D eigenvalue weighted by atomic mass is 10.1. The zero-order chi connectivity index (χ0) is 14.8. The van der Waals surface area contributed by atoms with Crippen LogP contribution in [0.3, 0.4) is 0 Å². The summed E-state index contributed by atoms with van der Waals surface area (Å²) >= 11 is 0. The van der Waals surface area contributed by atoms with Gasteiger partial charge < -0.3 is 15.2 Å². The number of aliphatic hydroxyl groups excluding tert-OH is 1. The van der Waals surface area contributed by atoms with E-state index in [4.69, 9.17) is 0 Å². The Morgan fingerprint density at radius 2 is 1.86 bits per heavy atom. The van der Waals surface area contributed by atoms with Crippen LogP contribution in [0.2, 0.25) is 0 Å². The van der Waals surface area contributed by atoms with E-state index >= 15 is 0 Å². The molecule has 2 N–H and O–H groups in total. The predicted octanol–water partition coefficient (Wildman–Crippen LogP) is 3.10. The fraction of sp³-hybridized carbons (Fsp3) is 0.625. The van der Waals surface area contributed by atoms with Gasteiger partial charge in [0.1, 0.15) is 5.75 Å². The normalized spacial score (nSPS) is 20.0. The molecule has 3 rings (SSSR count). The lowest BCUT2D eigenvalue weighted by molar-refractivity contribution is -0.0499. The number of alkyl halides is 2. The first-order chi connectivity index (χ1) is 10.1. The van der Waals surface area contributed by atoms with E-state index in [2.05, 4.69) is 10.1 Å². The second kappa shape index (κ2) is 6.28. The highest BCUT2D eigenvalue weighted by atomic mass is 19.3. The summed E-state index contributed by atoms with van der Waals surface area (Å²) in [6.07, 6.45) is 4.42. The Morgan fingerprint density at radius 3 is 2.43 bits per heavy atom. The fourth-order valence-corrected chi connectivity index (χ4v) is 2.89. The van der Waals surface area contributed by atoms with Crippen molar-refractivity contribution in [3.05, 3.63) is 29.8 Å². The Kier molecular flexibility index (Phi) is 4.40. The molecule has 1 aromatic rings. The maximum absolute atomic E-state index is 12.2. The van der Waals surface area contributed by atoms with Crippen molar-refractivity contribution in [1.29, 1.82) is 0 Å². The van der Waals surface area contributed by atoms with Gasteiger partial charge in [-0.3, -0.25) is 0 Å². The van der Waals surface area contributed by atoms with Crippen LogP contribution in [-0.2, 0) is 0 Å². The van der Waals surface area contributed by atoms with Crippen LogP contribution in [0, 0.1) is 11.8 Å². The summed E-state index contributed by atoms with van der Waals surface area (Å²) in [5, 5.41) is 13.7. The molecular formula is C16H21F2NO2. The first-order valence-electron chi connectivity index (χ1n) is 7.59. The van der Waals surface area contributed by atoms with Gasteiger partial charge in [-0.05, 0) is 55.2 Å². The average molecular weight is 297 g/mol. The molecule has 2 aliphatic rings. The van der Waals surface area contributed by atoms with Gasteiger partial charge in [-0.2, -0.15) is 8.78 Å². The van der Waals surface area contributed by atoms with Crippen molar-refractivity contribution in [2.24, 2.45) is 11.8 Å². The summed E-state index contributed by atoms with van der Waals surface area (Å²) < 4.78 is 28.8. The van der Waals surface area contributed by atoms with Crippen molar-refractivity contribution in [2.75, 3.05) is 6.54 Å². The van der Waals surface area contributed by atoms with Crippen LogP contribution in [0.4, 0.5) is 8.78 Å². The highest BCUT2D eigenvalue weighted by Crippen LogP contribution is 2.44. The minimum Gasteiger partial charge on any atom is -0.435 e. The number of rotatable bonds is 8. The average Bonchev–Trinajstić information content (AvgIpc) is 3.32. The van der Waals surface area contributed by atoms with E-state index < -0.39 is 12.7 Å². The van der Waals surface area contributed by atoms with Gasteiger partial charge in [0.25, 0.3) is 0 Å². The van der Waals surface area contributed by atoms with Crippen molar-refractivity contribution < 1.29 is 18.6 Å². The molecule has 0 heterocycles. The van der Waals surface area contributed by atoms with Crippen LogP contribution in [0.1, 0.15) is 37.4 Å². The zero-order valence-electron chi connectivity index (χ0n) is 11.8. The summed E-state index contributed by atoms with van der Waals surface area (Å²) in [6, 6.07) is 6.80. The maximum Gasteiger partial charge on any atom is 0.387 e. The molecule has 0 spiro atoms. The van der Waals surface area contributed by atoms with Gasteiger partial charge in [0, 0.05) is 12.6 Å². The third-order valence-corrected chi connectivity index (χ3v) is 4.27. The van der Waals surface area contributed by atoms with Crippen LogP contribution >= 0.6 is 0 Å². The molecule has 116 valence electrons. The minimum absolute atomic E-state index is 0.0856. The fourth-order valence-electron chi connectivity index (χ4n) is 2.89. The van der Waals surface area contributed by atoms with Gasteiger partial charge in [-0.1, -0.05) is 12.1 Å². The third kappa shape index (κ3) is 4.14. The Bertz CT molecular complexity index is 463. The minimum atomic E-state index is -2.84. The van der Waals surface area contributed by atoms with Gasteiger partial charge >= 0.3 is 6.61 Å². The quantitative estimate of drug-likeness (QED) is 0.775. The lowest BCUT2D eigenvalue weighted by Crippen LogP contribution is -2.36. The Morgan fingerprint density at radius 1 is 1.19 bits per heavy atom. The van der Waals surface area contributed by atoms with Crippen LogP contribution in [0.15, 0.2) is 24.3 Å². The van der Waals surface area contributed by atoms with E-state index in [9.17, 15) is 13.9 Å². The van der Waals surface area contributed by atoms with E-state index in [1.807, 2.05) is 0 Å². The Hall–Kier alpha value is -1.20. The first-order valence-corrected chi connectivity index (χ1v) is 7.59. The molecule has 0 radical (unpaired) electrons. The largest absolute Gasteiger partial charge is 0.435 e. The molecule has 0 saturated heterocycles. The smallest absolute Gasteiger partial charge is 0.387 e. The summed E-state index contributed by atoms with van der Waals surface area (Å²) in [6.45, 7) is -2.39. The molecular weight excluding hydrogens is 276 g/mol. The van der Waals surface area contributed by atoms with Crippen LogP contribution in [0.25, 0.3) is 0 Å². The van der Waals surface area contributed by atoms with E-state index in [-0.39, 0.29) is 5.75 Å². The molecule has 2 saturated carbocycles. The Balaban J connectivity index is 1.55. The molecule has 0 aromatic heterocycles. The monoisotopic (exact) mass is 297 g/mol. The van der Waals surface area contributed by atoms with Crippen molar-refractivity contribution in [3.63, 3.8) is 0 Å². The van der Waals surface area contributed by atoms with Crippen molar-refractivity contribution in [2.45, 2.75) is 44.4 Å². The first kappa shape index (κ1) is 14.7. The molecule has 2 aliphatic carbocycles. The molecule has 21 heavy (non-hydrogen) atoms. The van der Waals surface area contributed by atoms with E-state index in [1.54, 1.807) is 12.1 Å². The van der Waals surface area contributed by atoms with Gasteiger partial charge in [-0.25, -0.2) is 0 Å². The summed E-state index contributed by atoms with van der Waals surface area (Å²) in [5.74, 6) is 1.61. The number of hydrogen-bond donors (Lipinski definition) is 2. The number of aliphatic hydroxyl groups is 1. The van der Waals surface area contributed by atoms with Crippen LogP contribution in [-0.4, -0.2) is 24.3 Å². The molecule has 0 bridgehead atoms. The number of benzene rings is 1. The van der Waals surface area contributed by atoms with Crippen LogP contribution < -0.4 is 10.1 Å².